The summed E-state index contributed by atoms with van der Waals surface area (Å²) in [5, 5.41) is 0. The standard InChI is InChI=1S/C33H35NO4/c1-9-23-20(2)28(18-30(35)38-33(5,6)7)22(4)31(21(23)3)34(8)32(36)37-19-29-26-16-12-10-14-24(26)25-15-11-13-17-27(25)29/h1,10-17,29H,18-19H2,2-8H3. The largest absolute Gasteiger partial charge is 0.460 e. The Morgan fingerprint density at radius 3 is 2.00 bits per heavy atom. The molecule has 0 aliphatic heterocycles. The number of carbonyl (C=O) groups excluding carboxylic acids is 2. The molecule has 0 N–H and O–H groups in total. The molecular weight excluding hydrogens is 474 g/mol. The van der Waals surface area contributed by atoms with E-state index in [-0.39, 0.29) is 24.9 Å². The molecule has 3 aromatic rings. The van der Waals surface area contributed by atoms with Crippen LogP contribution in [0, 0.1) is 33.1 Å². The van der Waals surface area contributed by atoms with Crippen LogP contribution in [0.2, 0.25) is 0 Å². The predicted molar refractivity (Wildman–Crippen MR) is 152 cm³/mol. The number of ether oxygens (including phenoxy) is 2. The van der Waals surface area contributed by atoms with Crippen molar-refractivity contribution in [3.8, 4) is 23.5 Å². The van der Waals surface area contributed by atoms with Gasteiger partial charge in [-0.3, -0.25) is 9.69 Å². The van der Waals surface area contributed by atoms with Gasteiger partial charge in [-0.1, -0.05) is 54.5 Å². The van der Waals surface area contributed by atoms with E-state index in [2.05, 4.69) is 30.2 Å². The molecular formula is C33H35NO4. The van der Waals surface area contributed by atoms with Gasteiger partial charge in [0.05, 0.1) is 12.1 Å². The molecule has 196 valence electrons. The molecule has 0 atom stereocenters. The molecule has 0 unspecified atom stereocenters. The van der Waals surface area contributed by atoms with Crippen molar-refractivity contribution < 1.29 is 19.1 Å². The van der Waals surface area contributed by atoms with Crippen LogP contribution in [0.15, 0.2) is 48.5 Å². The Morgan fingerprint density at radius 1 is 0.921 bits per heavy atom. The van der Waals surface area contributed by atoms with Crippen LogP contribution in [0.1, 0.15) is 65.6 Å². The Morgan fingerprint density at radius 2 is 1.47 bits per heavy atom. The van der Waals surface area contributed by atoms with Crippen molar-refractivity contribution in [2.24, 2.45) is 0 Å². The number of benzene rings is 3. The second-order valence-corrected chi connectivity index (χ2v) is 10.8. The fourth-order valence-corrected chi connectivity index (χ4v) is 5.54. The van der Waals surface area contributed by atoms with Gasteiger partial charge in [0.2, 0.25) is 0 Å². The Hall–Kier alpha value is -4.04. The number of anilines is 1. The highest BCUT2D eigenvalue weighted by Gasteiger charge is 2.30. The molecule has 1 aliphatic carbocycles. The molecule has 0 aromatic heterocycles. The second-order valence-electron chi connectivity index (χ2n) is 10.8. The Balaban J connectivity index is 1.61. The predicted octanol–water partition coefficient (Wildman–Crippen LogP) is 6.86. The van der Waals surface area contributed by atoms with Gasteiger partial charge in [-0.05, 0) is 86.1 Å². The quantitative estimate of drug-likeness (QED) is 0.278. The van der Waals surface area contributed by atoms with Crippen molar-refractivity contribution in [2.45, 2.75) is 59.5 Å². The maximum absolute atomic E-state index is 13.4. The first-order valence-corrected chi connectivity index (χ1v) is 12.8. The molecule has 1 amide bonds. The fourth-order valence-electron chi connectivity index (χ4n) is 5.54. The minimum Gasteiger partial charge on any atom is -0.460 e. The van der Waals surface area contributed by atoms with E-state index in [9.17, 15) is 9.59 Å². The van der Waals surface area contributed by atoms with Crippen LogP contribution in [0.4, 0.5) is 10.5 Å². The number of amides is 1. The molecule has 0 fully saturated rings. The van der Waals surface area contributed by atoms with Crippen LogP contribution in [0.3, 0.4) is 0 Å². The highest BCUT2D eigenvalue weighted by Crippen LogP contribution is 2.44. The Labute approximate surface area is 225 Å². The van der Waals surface area contributed by atoms with Crippen molar-refractivity contribution >= 4 is 17.7 Å². The SMILES string of the molecule is C#Cc1c(C)c(CC(=O)OC(C)(C)C)c(C)c(N(C)C(=O)OCC2c3ccccc3-c3ccccc32)c1C. The summed E-state index contributed by atoms with van der Waals surface area (Å²) in [6.07, 6.45) is 5.47. The van der Waals surface area contributed by atoms with Gasteiger partial charge in [0.25, 0.3) is 0 Å². The van der Waals surface area contributed by atoms with Crippen LogP contribution in [-0.4, -0.2) is 31.3 Å². The summed E-state index contributed by atoms with van der Waals surface area (Å²) in [7, 11) is 1.68. The van der Waals surface area contributed by atoms with E-state index < -0.39 is 11.7 Å². The Bertz CT molecular complexity index is 1410. The van der Waals surface area contributed by atoms with Crippen molar-refractivity contribution in [3.63, 3.8) is 0 Å². The number of esters is 1. The molecule has 3 aromatic carbocycles. The molecule has 5 heteroatoms. The average Bonchev–Trinajstić information content (AvgIpc) is 3.18. The molecule has 0 bridgehead atoms. The summed E-state index contributed by atoms with van der Waals surface area (Å²) in [5.74, 6) is 2.37. The lowest BCUT2D eigenvalue weighted by Crippen LogP contribution is -2.31. The smallest absolute Gasteiger partial charge is 0.414 e. The zero-order valence-electron chi connectivity index (χ0n) is 23.3. The van der Waals surface area contributed by atoms with Crippen LogP contribution < -0.4 is 4.90 Å². The zero-order chi connectivity index (χ0) is 27.8. The lowest BCUT2D eigenvalue weighted by Gasteiger charge is -2.27. The zero-order valence-corrected chi connectivity index (χ0v) is 23.3. The van der Waals surface area contributed by atoms with Gasteiger partial charge in [-0.2, -0.15) is 0 Å². The van der Waals surface area contributed by atoms with E-state index in [1.165, 1.54) is 16.0 Å². The second kappa shape index (κ2) is 10.4. The third-order valence-electron chi connectivity index (χ3n) is 7.20. The average molecular weight is 510 g/mol. The monoisotopic (exact) mass is 509 g/mol. The molecule has 0 saturated heterocycles. The molecule has 4 rings (SSSR count). The van der Waals surface area contributed by atoms with Gasteiger partial charge < -0.3 is 9.47 Å². The van der Waals surface area contributed by atoms with Gasteiger partial charge in [0.1, 0.15) is 12.2 Å². The van der Waals surface area contributed by atoms with E-state index in [0.717, 1.165) is 33.4 Å². The minimum atomic E-state index is -0.598. The highest BCUT2D eigenvalue weighted by molar-refractivity contribution is 5.91. The van der Waals surface area contributed by atoms with Gasteiger partial charge in [-0.25, -0.2) is 4.79 Å². The van der Waals surface area contributed by atoms with E-state index in [1.807, 2.05) is 65.8 Å². The molecule has 0 radical (unpaired) electrons. The lowest BCUT2D eigenvalue weighted by molar-refractivity contribution is -0.153. The van der Waals surface area contributed by atoms with Gasteiger partial charge in [-0.15, -0.1) is 6.42 Å². The first-order chi connectivity index (χ1) is 17.9. The fraction of sp³-hybridized carbons (Fsp3) is 0.333. The number of fused-ring (bicyclic) bond motifs is 3. The molecule has 1 aliphatic rings. The summed E-state index contributed by atoms with van der Waals surface area (Å²) >= 11 is 0. The molecule has 0 saturated carbocycles. The topological polar surface area (TPSA) is 55.8 Å². The number of rotatable bonds is 5. The summed E-state index contributed by atoms with van der Waals surface area (Å²) in [6.45, 7) is 11.4. The van der Waals surface area contributed by atoms with Crippen molar-refractivity contribution in [1.82, 2.24) is 0 Å². The third-order valence-corrected chi connectivity index (χ3v) is 7.20. The molecule has 38 heavy (non-hydrogen) atoms. The number of carbonyl (C=O) groups is 2. The molecule has 0 heterocycles. The van der Waals surface area contributed by atoms with Gasteiger partial charge in [0, 0.05) is 18.5 Å². The molecule has 5 nitrogen and oxygen atoms in total. The number of nitrogens with zero attached hydrogens (tertiary/aromatic N) is 1. The number of hydrogen-bond donors (Lipinski definition) is 0. The van der Waals surface area contributed by atoms with Crippen LogP contribution in [-0.2, 0) is 20.7 Å². The van der Waals surface area contributed by atoms with Crippen LogP contribution in [0.25, 0.3) is 11.1 Å². The van der Waals surface area contributed by atoms with E-state index in [4.69, 9.17) is 15.9 Å². The van der Waals surface area contributed by atoms with Crippen LogP contribution >= 0.6 is 0 Å². The first kappa shape index (κ1) is 27.0. The van der Waals surface area contributed by atoms with E-state index in [1.54, 1.807) is 7.05 Å². The lowest BCUT2D eigenvalue weighted by atomic mass is 9.89. The maximum Gasteiger partial charge on any atom is 0.414 e. The summed E-state index contributed by atoms with van der Waals surface area (Å²) < 4.78 is 11.5. The van der Waals surface area contributed by atoms with Crippen molar-refractivity contribution in [1.29, 1.82) is 0 Å². The number of terminal acetylenes is 1. The summed E-state index contributed by atoms with van der Waals surface area (Å²) in [4.78, 5) is 27.6. The third kappa shape index (κ3) is 5.04. The normalized spacial score (nSPS) is 12.4. The maximum atomic E-state index is 13.4. The first-order valence-electron chi connectivity index (χ1n) is 12.8. The van der Waals surface area contributed by atoms with E-state index >= 15 is 0 Å². The van der Waals surface area contributed by atoms with Crippen molar-refractivity contribution in [3.05, 3.63) is 87.5 Å². The van der Waals surface area contributed by atoms with E-state index in [0.29, 0.717) is 11.3 Å². The van der Waals surface area contributed by atoms with Crippen molar-refractivity contribution in [2.75, 3.05) is 18.6 Å². The van der Waals surface area contributed by atoms with Gasteiger partial charge in [0.15, 0.2) is 0 Å². The Kier molecular flexibility index (Phi) is 7.37. The highest BCUT2D eigenvalue weighted by atomic mass is 16.6. The minimum absolute atomic E-state index is 0.0380. The van der Waals surface area contributed by atoms with Gasteiger partial charge >= 0.3 is 12.1 Å². The summed E-state index contributed by atoms with van der Waals surface area (Å²) in [5.41, 5.74) is 8.60. The summed E-state index contributed by atoms with van der Waals surface area (Å²) in [6, 6.07) is 16.5. The number of hydrogen-bond acceptors (Lipinski definition) is 4. The van der Waals surface area contributed by atoms with Crippen LogP contribution in [0.5, 0.6) is 0 Å². The molecule has 0 spiro atoms.